The van der Waals surface area contributed by atoms with Crippen molar-refractivity contribution in [1.82, 2.24) is 9.97 Å². The first-order valence-corrected chi connectivity index (χ1v) is 8.83. The minimum Gasteiger partial charge on any atom is -0.324 e. The summed E-state index contributed by atoms with van der Waals surface area (Å²) in [7, 11) is 0. The second-order valence-corrected chi connectivity index (χ2v) is 6.45. The second-order valence-electron chi connectivity index (χ2n) is 5.26. The summed E-state index contributed by atoms with van der Waals surface area (Å²) < 4.78 is 0. The van der Waals surface area contributed by atoms with E-state index in [1.165, 1.54) is 11.8 Å². The van der Waals surface area contributed by atoms with E-state index >= 15 is 0 Å². The predicted molar refractivity (Wildman–Crippen MR) is 95.7 cm³/mol. The molecule has 1 atom stereocenters. The van der Waals surface area contributed by atoms with Crippen LogP contribution >= 0.6 is 11.8 Å². The number of hydrogen-bond donors (Lipinski definition) is 1. The molecule has 24 heavy (non-hydrogen) atoms. The molecule has 0 fully saturated rings. The van der Waals surface area contributed by atoms with Crippen molar-refractivity contribution in [2.45, 2.75) is 43.4 Å². The molecule has 1 N–H and O–H groups in total. The summed E-state index contributed by atoms with van der Waals surface area (Å²) in [5, 5.41) is 12.4. The zero-order chi connectivity index (χ0) is 17.4. The Labute approximate surface area is 146 Å². The number of thioether (sulfide) groups is 1. The molecular weight excluding hydrogens is 320 g/mol. The summed E-state index contributed by atoms with van der Waals surface area (Å²) >= 11 is 1.34. The van der Waals surface area contributed by atoms with Gasteiger partial charge in [0.2, 0.25) is 5.91 Å². The number of pyridine rings is 2. The number of nitriles is 1. The monoisotopic (exact) mass is 340 g/mol. The highest BCUT2D eigenvalue weighted by atomic mass is 32.2. The molecule has 0 aliphatic rings. The topological polar surface area (TPSA) is 78.7 Å². The number of anilines is 1. The van der Waals surface area contributed by atoms with Crippen LogP contribution in [0.5, 0.6) is 0 Å². The van der Waals surface area contributed by atoms with Crippen molar-refractivity contribution >= 4 is 23.4 Å². The van der Waals surface area contributed by atoms with Gasteiger partial charge in [-0.25, -0.2) is 4.98 Å². The van der Waals surface area contributed by atoms with E-state index < -0.39 is 0 Å². The Morgan fingerprint density at radius 1 is 1.38 bits per heavy atom. The molecule has 0 bridgehead atoms. The number of aryl methyl sites for hydroxylation is 1. The Bertz CT molecular complexity index is 728. The molecule has 2 aromatic rings. The van der Waals surface area contributed by atoms with E-state index in [1.54, 1.807) is 30.6 Å². The maximum atomic E-state index is 12.5. The van der Waals surface area contributed by atoms with Gasteiger partial charge in [0.1, 0.15) is 11.1 Å². The van der Waals surface area contributed by atoms with Crippen molar-refractivity contribution in [3.63, 3.8) is 0 Å². The van der Waals surface area contributed by atoms with Crippen LogP contribution in [-0.4, -0.2) is 21.1 Å². The third kappa shape index (κ3) is 4.80. The van der Waals surface area contributed by atoms with E-state index in [-0.39, 0.29) is 11.2 Å². The van der Waals surface area contributed by atoms with Crippen molar-refractivity contribution < 1.29 is 4.79 Å². The van der Waals surface area contributed by atoms with E-state index in [4.69, 9.17) is 0 Å². The molecule has 1 unspecified atom stereocenters. The van der Waals surface area contributed by atoms with Gasteiger partial charge in [-0.05, 0) is 37.1 Å². The van der Waals surface area contributed by atoms with Gasteiger partial charge in [-0.15, -0.1) is 0 Å². The van der Waals surface area contributed by atoms with E-state index in [2.05, 4.69) is 28.3 Å². The molecule has 2 heterocycles. The van der Waals surface area contributed by atoms with Gasteiger partial charge < -0.3 is 5.32 Å². The van der Waals surface area contributed by atoms with Gasteiger partial charge in [-0.1, -0.05) is 32.0 Å². The molecule has 0 radical (unpaired) electrons. The van der Waals surface area contributed by atoms with Crippen molar-refractivity contribution in [2.75, 3.05) is 5.32 Å². The first-order chi connectivity index (χ1) is 11.7. The van der Waals surface area contributed by atoms with Gasteiger partial charge in [-0.2, -0.15) is 5.26 Å². The molecule has 0 aliphatic carbocycles. The van der Waals surface area contributed by atoms with Gasteiger partial charge in [0, 0.05) is 11.9 Å². The first-order valence-electron chi connectivity index (χ1n) is 7.95. The van der Waals surface area contributed by atoms with Crippen LogP contribution in [0, 0.1) is 11.3 Å². The molecule has 2 aromatic heterocycles. The summed E-state index contributed by atoms with van der Waals surface area (Å²) in [6.45, 7) is 4.03. The van der Waals surface area contributed by atoms with Gasteiger partial charge in [-0.3, -0.25) is 9.78 Å². The van der Waals surface area contributed by atoms with Crippen LogP contribution in [0.3, 0.4) is 0 Å². The number of aromatic nitrogens is 2. The zero-order valence-electron chi connectivity index (χ0n) is 13.8. The number of carbonyl (C=O) groups is 1. The van der Waals surface area contributed by atoms with Crippen LogP contribution in [0.4, 0.5) is 5.69 Å². The Kier molecular flexibility index (Phi) is 6.76. The van der Waals surface area contributed by atoms with Gasteiger partial charge in [0.25, 0.3) is 0 Å². The molecule has 0 saturated carbocycles. The Morgan fingerprint density at radius 3 is 2.83 bits per heavy atom. The third-order valence-electron chi connectivity index (χ3n) is 3.39. The van der Waals surface area contributed by atoms with Crippen molar-refractivity contribution in [3.8, 4) is 6.07 Å². The van der Waals surface area contributed by atoms with Crippen molar-refractivity contribution in [3.05, 3.63) is 47.9 Å². The highest BCUT2D eigenvalue weighted by Gasteiger charge is 2.21. The van der Waals surface area contributed by atoms with Crippen LogP contribution in [0.2, 0.25) is 0 Å². The molecule has 1 amide bonds. The molecule has 6 heteroatoms. The summed E-state index contributed by atoms with van der Waals surface area (Å²) in [6.07, 6.45) is 5.75. The lowest BCUT2D eigenvalue weighted by molar-refractivity contribution is -0.115. The number of amides is 1. The highest BCUT2D eigenvalue weighted by Crippen LogP contribution is 2.28. The standard InChI is InChI=1S/C18H20N4OS/c1-3-6-14-9-8-13(11-19)18(22-14)24-16(4-2)17(23)21-15-7-5-10-20-12-15/h5,7-10,12,16H,3-4,6H2,1-2H3,(H,21,23). The fourth-order valence-electron chi connectivity index (χ4n) is 2.17. The molecule has 0 aliphatic heterocycles. The summed E-state index contributed by atoms with van der Waals surface area (Å²) in [5.74, 6) is -0.109. The lowest BCUT2D eigenvalue weighted by Crippen LogP contribution is -2.24. The highest BCUT2D eigenvalue weighted by molar-refractivity contribution is 8.00. The number of nitrogens with zero attached hydrogens (tertiary/aromatic N) is 3. The number of rotatable bonds is 7. The second kappa shape index (κ2) is 9.04. The van der Waals surface area contributed by atoms with E-state index in [0.29, 0.717) is 22.7 Å². The fraction of sp³-hybridized carbons (Fsp3) is 0.333. The van der Waals surface area contributed by atoms with Crippen molar-refractivity contribution in [2.24, 2.45) is 0 Å². The summed E-state index contributed by atoms with van der Waals surface area (Å²) in [5.41, 5.74) is 2.11. The fourth-order valence-corrected chi connectivity index (χ4v) is 3.18. The Hall–Kier alpha value is -2.39. The average Bonchev–Trinajstić information content (AvgIpc) is 2.61. The van der Waals surface area contributed by atoms with Gasteiger partial charge >= 0.3 is 0 Å². The Balaban J connectivity index is 2.15. The molecule has 0 aromatic carbocycles. The quantitative estimate of drug-likeness (QED) is 0.775. The zero-order valence-corrected chi connectivity index (χ0v) is 14.6. The molecular formula is C18H20N4OS. The molecule has 0 saturated heterocycles. The maximum Gasteiger partial charge on any atom is 0.237 e. The van der Waals surface area contributed by atoms with Crippen LogP contribution in [0.25, 0.3) is 0 Å². The third-order valence-corrected chi connectivity index (χ3v) is 4.76. The van der Waals surface area contributed by atoms with Crippen LogP contribution in [0.1, 0.15) is 37.9 Å². The first kappa shape index (κ1) is 18.0. The normalized spacial score (nSPS) is 11.5. The molecule has 5 nitrogen and oxygen atoms in total. The lowest BCUT2D eigenvalue weighted by Gasteiger charge is -2.15. The van der Waals surface area contributed by atoms with Gasteiger partial charge in [0.15, 0.2) is 0 Å². The number of nitrogens with one attached hydrogen (secondary N) is 1. The van der Waals surface area contributed by atoms with Crippen molar-refractivity contribution in [1.29, 1.82) is 5.26 Å². The largest absolute Gasteiger partial charge is 0.324 e. The van der Waals surface area contributed by atoms with E-state index in [9.17, 15) is 10.1 Å². The molecule has 124 valence electrons. The maximum absolute atomic E-state index is 12.5. The number of hydrogen-bond acceptors (Lipinski definition) is 5. The van der Waals surface area contributed by atoms with Crippen LogP contribution in [-0.2, 0) is 11.2 Å². The smallest absolute Gasteiger partial charge is 0.237 e. The Morgan fingerprint density at radius 2 is 2.21 bits per heavy atom. The minimum absolute atomic E-state index is 0.109. The number of carbonyl (C=O) groups excluding carboxylic acids is 1. The van der Waals surface area contributed by atoms with E-state index in [1.807, 2.05) is 13.0 Å². The summed E-state index contributed by atoms with van der Waals surface area (Å²) in [6, 6.07) is 9.39. The average molecular weight is 340 g/mol. The molecule has 0 spiro atoms. The van der Waals surface area contributed by atoms with Crippen LogP contribution < -0.4 is 5.32 Å². The molecule has 2 rings (SSSR count). The minimum atomic E-state index is -0.318. The predicted octanol–water partition coefficient (Wildman–Crippen LogP) is 3.81. The lowest BCUT2D eigenvalue weighted by atomic mass is 10.2. The SMILES string of the molecule is CCCc1ccc(C#N)c(SC(CC)C(=O)Nc2cccnc2)n1. The van der Waals surface area contributed by atoms with E-state index in [0.717, 1.165) is 18.5 Å². The van der Waals surface area contributed by atoms with Crippen LogP contribution in [0.15, 0.2) is 41.7 Å². The van der Waals surface area contributed by atoms with Gasteiger partial charge in [0.05, 0.1) is 22.7 Å². The summed E-state index contributed by atoms with van der Waals surface area (Å²) in [4.78, 5) is 21.0.